The summed E-state index contributed by atoms with van der Waals surface area (Å²) in [7, 11) is 0. The van der Waals surface area contributed by atoms with E-state index in [2.05, 4.69) is 16.0 Å². The van der Waals surface area contributed by atoms with Crippen LogP contribution in [0, 0.1) is 10.6 Å². The number of phenolic OH excluding ortho intramolecular Hbond substituents is 1. The first-order chi connectivity index (χ1) is 15.9. The molecule has 33 heavy (non-hydrogen) atoms. The van der Waals surface area contributed by atoms with Crippen LogP contribution in [0.15, 0.2) is 60.6 Å². The zero-order chi connectivity index (χ0) is 23.3. The van der Waals surface area contributed by atoms with Crippen molar-refractivity contribution in [2.45, 2.75) is 31.4 Å². The van der Waals surface area contributed by atoms with Crippen molar-refractivity contribution in [1.29, 1.82) is 5.41 Å². The highest BCUT2D eigenvalue weighted by Gasteiger charge is 2.34. The summed E-state index contributed by atoms with van der Waals surface area (Å²) in [6.07, 6.45) is 6.12. The molecule has 4 rings (SSSR count). The Morgan fingerprint density at radius 1 is 1.27 bits per heavy atom. The van der Waals surface area contributed by atoms with E-state index in [1.54, 1.807) is 48.8 Å². The van der Waals surface area contributed by atoms with Gasteiger partial charge in [0.25, 0.3) is 0 Å². The number of benzene rings is 1. The zero-order valence-electron chi connectivity index (χ0n) is 18.9. The van der Waals surface area contributed by atoms with E-state index in [1.807, 2.05) is 6.92 Å². The second-order valence-electron chi connectivity index (χ2n) is 8.89. The van der Waals surface area contributed by atoms with Gasteiger partial charge in [-0.2, -0.15) is 0 Å². The van der Waals surface area contributed by atoms with Crippen LogP contribution in [-0.2, 0) is 9.47 Å². The van der Waals surface area contributed by atoms with Crippen LogP contribution in [-0.4, -0.2) is 70.8 Å². The highest BCUT2D eigenvalue weighted by molar-refractivity contribution is 5.98. The van der Waals surface area contributed by atoms with Gasteiger partial charge in [0.05, 0.1) is 19.8 Å². The Labute approximate surface area is 194 Å². The Morgan fingerprint density at radius 3 is 2.79 bits per heavy atom. The number of hydrogen-bond acceptors (Lipinski definition) is 8. The van der Waals surface area contributed by atoms with Crippen molar-refractivity contribution in [3.63, 3.8) is 0 Å². The Kier molecular flexibility index (Phi) is 7.39. The van der Waals surface area contributed by atoms with Crippen molar-refractivity contribution in [3.05, 3.63) is 77.0 Å². The van der Waals surface area contributed by atoms with Gasteiger partial charge < -0.3 is 30.3 Å². The number of rotatable bonds is 9. The van der Waals surface area contributed by atoms with E-state index in [1.165, 1.54) is 0 Å². The van der Waals surface area contributed by atoms with Gasteiger partial charge >= 0.3 is 0 Å². The Hall–Kier alpha value is -2.78. The molecule has 1 saturated heterocycles. The number of aromatic hydroxyl groups is 1. The first-order valence-electron chi connectivity index (χ1n) is 11.3. The van der Waals surface area contributed by atoms with Gasteiger partial charge in [-0.1, -0.05) is 24.3 Å². The average molecular weight is 452 g/mol. The fourth-order valence-electron chi connectivity index (χ4n) is 4.33. The predicted molar refractivity (Wildman–Crippen MR) is 126 cm³/mol. The normalized spacial score (nSPS) is 22.1. The van der Waals surface area contributed by atoms with Crippen LogP contribution in [0.4, 0.5) is 0 Å². The molecule has 3 heterocycles. The second-order valence-corrected chi connectivity index (χ2v) is 8.89. The lowest BCUT2D eigenvalue weighted by molar-refractivity contribution is -0.00734. The summed E-state index contributed by atoms with van der Waals surface area (Å²) >= 11 is 0. The summed E-state index contributed by atoms with van der Waals surface area (Å²) in [6.45, 7) is 5.97. The lowest BCUT2D eigenvalue weighted by Crippen LogP contribution is -2.41. The fraction of sp³-hybridized carbons (Fsp3) is 0.440. The van der Waals surface area contributed by atoms with Gasteiger partial charge in [-0.25, -0.2) is 0 Å². The fourth-order valence-corrected chi connectivity index (χ4v) is 4.33. The molecule has 2 aromatic rings. The second kappa shape index (κ2) is 10.4. The van der Waals surface area contributed by atoms with E-state index < -0.39 is 11.6 Å². The molecule has 1 aromatic heterocycles. The molecule has 8 heteroatoms. The Balaban J connectivity index is 1.45. The molecular formula is C25H31N4O4-. The number of ether oxygens (including phenoxy) is 2. The largest absolute Gasteiger partial charge is 0.785 e. The molecule has 0 aliphatic carbocycles. The van der Waals surface area contributed by atoms with Crippen molar-refractivity contribution >= 4 is 5.71 Å². The molecular weight excluding hydrogens is 420 g/mol. The smallest absolute Gasteiger partial charge is 0.121 e. The number of hydrogen-bond donors (Lipinski definition) is 2. The minimum atomic E-state index is -0.720. The average Bonchev–Trinajstić information content (AvgIpc) is 3.18. The SMILES string of the molecule is CC1(CN([O-])C(CC(=N)c2cccnc2)c2ccccc2O)CC=C(CN2CCOCC2)O1. The zero-order valence-corrected chi connectivity index (χ0v) is 18.9. The third-order valence-corrected chi connectivity index (χ3v) is 6.16. The lowest BCUT2D eigenvalue weighted by Gasteiger charge is -2.43. The standard InChI is InChI=1S/C25H31N4O4/c1-25(9-8-20(33-25)17-28-11-13-32-14-12-28)18-29(31)23(21-6-2-3-7-24(21)30)15-22(26)19-5-4-10-27-16-19/h2-8,10,16,23,26,30H,9,11-15,17-18H2,1H3/q-1. The number of morpholine rings is 1. The van der Waals surface area contributed by atoms with Crippen LogP contribution in [0.25, 0.3) is 0 Å². The number of nitrogens with zero attached hydrogens (tertiary/aromatic N) is 3. The van der Waals surface area contributed by atoms with Crippen LogP contribution in [0.3, 0.4) is 0 Å². The maximum atomic E-state index is 13.5. The number of para-hydroxylation sites is 1. The molecule has 0 amide bonds. The number of pyridine rings is 1. The summed E-state index contributed by atoms with van der Waals surface area (Å²) in [5, 5.41) is 33.4. The van der Waals surface area contributed by atoms with Crippen molar-refractivity contribution in [3.8, 4) is 5.75 Å². The minimum Gasteiger partial charge on any atom is -0.785 e. The molecule has 2 atom stereocenters. The van der Waals surface area contributed by atoms with Crippen LogP contribution >= 0.6 is 0 Å². The monoisotopic (exact) mass is 451 g/mol. The number of phenols is 1. The van der Waals surface area contributed by atoms with Crippen LogP contribution in [0.2, 0.25) is 0 Å². The number of aromatic nitrogens is 1. The lowest BCUT2D eigenvalue weighted by atomic mass is 9.95. The van der Waals surface area contributed by atoms with Gasteiger partial charge in [0.2, 0.25) is 0 Å². The third-order valence-electron chi connectivity index (χ3n) is 6.16. The third kappa shape index (κ3) is 5.97. The van der Waals surface area contributed by atoms with Crippen molar-refractivity contribution < 1.29 is 14.6 Å². The maximum Gasteiger partial charge on any atom is 0.121 e. The molecule has 2 N–H and O–H groups in total. The number of hydroxylamine groups is 2. The van der Waals surface area contributed by atoms with Gasteiger partial charge in [-0.3, -0.25) is 9.88 Å². The van der Waals surface area contributed by atoms with E-state index >= 15 is 0 Å². The summed E-state index contributed by atoms with van der Waals surface area (Å²) < 4.78 is 11.6. The first-order valence-corrected chi connectivity index (χ1v) is 11.3. The van der Waals surface area contributed by atoms with Crippen LogP contribution in [0.1, 0.15) is 36.9 Å². The summed E-state index contributed by atoms with van der Waals surface area (Å²) in [6, 6.07) is 9.67. The van der Waals surface area contributed by atoms with Gasteiger partial charge in [0, 0.05) is 67.8 Å². The van der Waals surface area contributed by atoms with Gasteiger partial charge in [0.15, 0.2) is 0 Å². The van der Waals surface area contributed by atoms with E-state index in [4.69, 9.17) is 14.9 Å². The van der Waals surface area contributed by atoms with Crippen LogP contribution in [0.5, 0.6) is 5.75 Å². The van der Waals surface area contributed by atoms with Gasteiger partial charge in [-0.15, -0.1) is 0 Å². The molecule has 1 fully saturated rings. The molecule has 0 saturated carbocycles. The van der Waals surface area contributed by atoms with E-state index in [0.29, 0.717) is 29.8 Å². The highest BCUT2D eigenvalue weighted by Crippen LogP contribution is 2.36. The molecule has 0 bridgehead atoms. The molecule has 1 aromatic carbocycles. The molecule has 176 valence electrons. The predicted octanol–water partition coefficient (Wildman–Crippen LogP) is 3.48. The summed E-state index contributed by atoms with van der Waals surface area (Å²) in [4.78, 5) is 6.37. The van der Waals surface area contributed by atoms with Gasteiger partial charge in [-0.05, 0) is 25.1 Å². The van der Waals surface area contributed by atoms with Crippen molar-refractivity contribution in [2.24, 2.45) is 0 Å². The van der Waals surface area contributed by atoms with E-state index in [9.17, 15) is 10.3 Å². The molecule has 2 aliphatic heterocycles. The quantitative estimate of drug-likeness (QED) is 0.444. The minimum absolute atomic E-state index is 0.0472. The molecule has 0 radical (unpaired) electrons. The Bertz CT molecular complexity index is 977. The van der Waals surface area contributed by atoms with Gasteiger partial charge in [0.1, 0.15) is 17.1 Å². The summed E-state index contributed by atoms with van der Waals surface area (Å²) in [5.74, 6) is 0.931. The summed E-state index contributed by atoms with van der Waals surface area (Å²) in [5.41, 5.74) is 0.789. The molecule has 0 spiro atoms. The van der Waals surface area contributed by atoms with Crippen LogP contribution < -0.4 is 0 Å². The topological polar surface area (TPSA) is 105 Å². The van der Waals surface area contributed by atoms with E-state index in [-0.39, 0.29) is 18.7 Å². The van der Waals surface area contributed by atoms with Crippen molar-refractivity contribution in [2.75, 3.05) is 39.4 Å². The molecule has 2 unspecified atom stereocenters. The molecule has 2 aliphatic rings. The Morgan fingerprint density at radius 2 is 2.06 bits per heavy atom. The van der Waals surface area contributed by atoms with E-state index in [0.717, 1.165) is 37.1 Å². The number of nitrogens with one attached hydrogen (secondary N) is 1. The van der Waals surface area contributed by atoms with Crippen molar-refractivity contribution in [1.82, 2.24) is 14.9 Å². The molecule has 8 nitrogen and oxygen atoms in total. The first kappa shape index (κ1) is 23.4. The highest BCUT2D eigenvalue weighted by atomic mass is 16.5. The maximum absolute atomic E-state index is 13.5.